The topological polar surface area (TPSA) is 91.9 Å². The number of carbonyl (C=O) groups excluding carboxylic acids is 2. The Morgan fingerprint density at radius 1 is 1.12 bits per heavy atom. The third-order valence-electron chi connectivity index (χ3n) is 12.2. The first kappa shape index (κ1) is 27.8. The number of ether oxygens (including phenoxy) is 1. The molecule has 40 heavy (non-hydrogen) atoms. The van der Waals surface area contributed by atoms with Gasteiger partial charge in [-0.05, 0) is 97.4 Å². The zero-order chi connectivity index (χ0) is 28.8. The highest BCUT2D eigenvalue weighted by Crippen LogP contribution is 2.76. The van der Waals surface area contributed by atoms with Gasteiger partial charge in [-0.25, -0.2) is 4.79 Å². The number of allylic oxidation sites excluding steroid dienone is 5. The molecule has 8 atom stereocenters. The molecule has 3 fully saturated rings. The number of fused-ring (bicyclic) bond motifs is 7. The molecule has 6 aliphatic rings. The van der Waals surface area contributed by atoms with E-state index in [9.17, 15) is 14.9 Å². The van der Waals surface area contributed by atoms with Crippen molar-refractivity contribution in [2.75, 3.05) is 13.3 Å². The Morgan fingerprint density at radius 3 is 2.55 bits per heavy atom. The van der Waals surface area contributed by atoms with Crippen molar-refractivity contribution >= 4 is 31.1 Å². The lowest BCUT2D eigenvalue weighted by molar-refractivity contribution is -0.137. The third-order valence-corrected chi connectivity index (χ3v) is 16.0. The number of methoxy groups -OCH3 is 1. The average molecular weight is 560 g/mol. The maximum Gasteiger partial charge on any atom is 0.354 e. The minimum atomic E-state index is -0.526. The van der Waals surface area contributed by atoms with Crippen molar-refractivity contribution in [3.8, 4) is 6.07 Å². The van der Waals surface area contributed by atoms with Gasteiger partial charge in [0.05, 0.1) is 18.8 Å². The molecule has 8 unspecified atom stereocenters. The van der Waals surface area contributed by atoms with Crippen LogP contribution >= 0.6 is 7.92 Å². The summed E-state index contributed by atoms with van der Waals surface area (Å²) in [7, 11) is 0.853. The standard InChI is InChI=1S/C33H42N3O3P/c1-19-21(18-34)17-33(6)27-16-26(37)28-22(32(27,5)12-13-40(33)30(19,2)3)9-11-31(4)10-8-20(14-23(28)31)24-15-25(36-35-24)29(38)39-7/h16-17,20,22-23,28H,1,8-15H2,2-7H3. The molecule has 0 aromatic carbocycles. The van der Waals surface area contributed by atoms with Crippen molar-refractivity contribution in [3.05, 3.63) is 35.5 Å². The second-order valence-corrected chi connectivity index (χ2v) is 17.7. The quantitative estimate of drug-likeness (QED) is 0.276. The number of hydrogen-bond donors (Lipinski definition) is 0. The lowest BCUT2D eigenvalue weighted by atomic mass is 9.44. The van der Waals surface area contributed by atoms with Gasteiger partial charge in [0, 0.05) is 28.4 Å². The summed E-state index contributed by atoms with van der Waals surface area (Å²) in [5.74, 6) is 0.750. The second kappa shape index (κ2) is 9.06. The van der Waals surface area contributed by atoms with Gasteiger partial charge < -0.3 is 4.74 Å². The molecular formula is C33H42N3O3P. The van der Waals surface area contributed by atoms with Gasteiger partial charge in [-0.1, -0.05) is 48.3 Å². The van der Waals surface area contributed by atoms with Gasteiger partial charge in [-0.2, -0.15) is 10.4 Å². The van der Waals surface area contributed by atoms with E-state index in [0.717, 1.165) is 56.0 Å². The van der Waals surface area contributed by atoms with Crippen molar-refractivity contribution in [1.29, 1.82) is 5.26 Å². The predicted octanol–water partition coefficient (Wildman–Crippen LogP) is 6.77. The van der Waals surface area contributed by atoms with Gasteiger partial charge in [-0.15, -0.1) is 5.10 Å². The maximum atomic E-state index is 14.3. The fraction of sp³-hybridized carbons (Fsp3) is 0.667. The molecule has 0 bridgehead atoms. The van der Waals surface area contributed by atoms with Crippen LogP contribution in [0.1, 0.15) is 79.6 Å². The van der Waals surface area contributed by atoms with Crippen molar-refractivity contribution in [2.24, 2.45) is 44.7 Å². The molecule has 212 valence electrons. The highest BCUT2D eigenvalue weighted by molar-refractivity contribution is 7.62. The van der Waals surface area contributed by atoms with E-state index in [1.165, 1.54) is 12.7 Å². The van der Waals surface area contributed by atoms with E-state index >= 15 is 0 Å². The number of hydrogen-bond acceptors (Lipinski definition) is 6. The Balaban J connectivity index is 1.36. The molecular weight excluding hydrogens is 517 g/mol. The predicted molar refractivity (Wildman–Crippen MR) is 160 cm³/mol. The van der Waals surface area contributed by atoms with E-state index in [4.69, 9.17) is 4.74 Å². The van der Waals surface area contributed by atoms with E-state index in [-0.39, 0.29) is 33.0 Å². The Bertz CT molecular complexity index is 1380. The number of rotatable bonds is 2. The number of carbonyl (C=O) groups is 2. The van der Waals surface area contributed by atoms with Gasteiger partial charge in [0.25, 0.3) is 0 Å². The third kappa shape index (κ3) is 3.69. The molecule has 3 heterocycles. The van der Waals surface area contributed by atoms with E-state index in [2.05, 4.69) is 63.5 Å². The van der Waals surface area contributed by atoms with E-state index in [1.807, 2.05) is 6.08 Å². The SMILES string of the molecule is C=C1C(C#N)=CC2(C)C3=CC(=O)C4C5CC(C6=NN=C(C(=O)OC)C6)CCC5(C)CCC4C3(C)CCP2C1(C)C. The maximum absolute atomic E-state index is 14.3. The van der Waals surface area contributed by atoms with Gasteiger partial charge in [0.1, 0.15) is 0 Å². The van der Waals surface area contributed by atoms with Crippen LogP contribution < -0.4 is 0 Å². The van der Waals surface area contributed by atoms with Crippen LogP contribution in [0.2, 0.25) is 0 Å². The van der Waals surface area contributed by atoms with Crippen LogP contribution in [0, 0.1) is 45.8 Å². The van der Waals surface area contributed by atoms with Crippen molar-refractivity contribution in [2.45, 2.75) is 89.9 Å². The van der Waals surface area contributed by atoms with Crippen LogP contribution in [-0.4, -0.2) is 46.8 Å². The molecule has 1 saturated heterocycles. The molecule has 0 aromatic heterocycles. The van der Waals surface area contributed by atoms with Crippen molar-refractivity contribution < 1.29 is 14.3 Å². The molecule has 3 aliphatic carbocycles. The zero-order valence-corrected chi connectivity index (χ0v) is 25.7. The van der Waals surface area contributed by atoms with Crippen LogP contribution in [0.5, 0.6) is 0 Å². The summed E-state index contributed by atoms with van der Waals surface area (Å²) in [6.07, 6.45) is 12.2. The van der Waals surface area contributed by atoms with E-state index in [1.54, 1.807) is 0 Å². The Kier molecular flexibility index (Phi) is 6.29. The molecule has 0 N–H and O–H groups in total. The van der Waals surface area contributed by atoms with Crippen LogP contribution in [0.3, 0.4) is 0 Å². The number of esters is 1. The summed E-state index contributed by atoms with van der Waals surface area (Å²) < 4.78 is 4.88. The summed E-state index contributed by atoms with van der Waals surface area (Å²) >= 11 is 0. The smallest absolute Gasteiger partial charge is 0.354 e. The molecule has 0 radical (unpaired) electrons. The minimum absolute atomic E-state index is 0.0113. The zero-order valence-electron chi connectivity index (χ0n) is 24.8. The molecule has 6 rings (SSSR count). The Hall–Kier alpha value is -2.38. The molecule has 0 aromatic rings. The van der Waals surface area contributed by atoms with Gasteiger partial charge >= 0.3 is 5.97 Å². The summed E-state index contributed by atoms with van der Waals surface area (Å²) in [4.78, 5) is 26.4. The molecule has 0 spiro atoms. The molecule has 6 nitrogen and oxygen atoms in total. The minimum Gasteiger partial charge on any atom is -0.464 e. The van der Waals surface area contributed by atoms with Crippen molar-refractivity contribution in [3.63, 3.8) is 0 Å². The van der Waals surface area contributed by atoms with Crippen molar-refractivity contribution in [1.82, 2.24) is 0 Å². The molecule has 7 heteroatoms. The van der Waals surface area contributed by atoms with Gasteiger partial charge in [0.15, 0.2) is 11.5 Å². The van der Waals surface area contributed by atoms with Gasteiger partial charge in [-0.3, -0.25) is 4.79 Å². The number of nitriles is 1. The normalized spacial score (nSPS) is 43.5. The Morgan fingerprint density at radius 2 is 1.85 bits per heavy atom. The summed E-state index contributed by atoms with van der Waals surface area (Å²) in [6.45, 7) is 16.0. The summed E-state index contributed by atoms with van der Waals surface area (Å²) in [6, 6.07) is 2.44. The van der Waals surface area contributed by atoms with Crippen LogP contribution in [0.25, 0.3) is 0 Å². The fourth-order valence-electron chi connectivity index (χ4n) is 9.82. The summed E-state index contributed by atoms with van der Waals surface area (Å²) in [5, 5.41) is 18.2. The lowest BCUT2D eigenvalue weighted by Gasteiger charge is -2.65. The fourth-order valence-corrected chi connectivity index (χ4v) is 14.0. The number of nitrogens with zero attached hydrogens (tertiary/aromatic N) is 3. The first-order valence-electron chi connectivity index (χ1n) is 14.9. The van der Waals surface area contributed by atoms with E-state index < -0.39 is 13.9 Å². The Labute approximate surface area is 239 Å². The van der Waals surface area contributed by atoms with Crippen LogP contribution in [-0.2, 0) is 14.3 Å². The summed E-state index contributed by atoms with van der Waals surface area (Å²) in [5.41, 5.74) is 4.38. The van der Waals surface area contributed by atoms with E-state index in [0.29, 0.717) is 35.3 Å². The highest BCUT2D eigenvalue weighted by Gasteiger charge is 2.64. The number of ketones is 1. The molecule has 3 aliphatic heterocycles. The monoisotopic (exact) mass is 559 g/mol. The molecule has 2 saturated carbocycles. The lowest BCUT2D eigenvalue weighted by Crippen LogP contribution is -2.58. The first-order chi connectivity index (χ1) is 18.8. The highest BCUT2D eigenvalue weighted by atomic mass is 31.1. The largest absolute Gasteiger partial charge is 0.464 e. The van der Waals surface area contributed by atoms with Crippen LogP contribution in [0.4, 0.5) is 0 Å². The van der Waals surface area contributed by atoms with Crippen LogP contribution in [0.15, 0.2) is 45.7 Å². The van der Waals surface area contributed by atoms with Gasteiger partial charge in [0.2, 0.25) is 0 Å². The molecule has 0 amide bonds. The first-order valence-corrected chi connectivity index (χ1v) is 16.4. The second-order valence-electron chi connectivity index (χ2n) is 14.3. The average Bonchev–Trinajstić information content (AvgIpc) is 3.41.